The van der Waals surface area contributed by atoms with Crippen LogP contribution in [0, 0.1) is 5.82 Å². The largest absolute Gasteiger partial charge is 0.294 e. The predicted octanol–water partition coefficient (Wildman–Crippen LogP) is 3.22. The number of para-hydroxylation sites is 1. The lowest BCUT2D eigenvalue weighted by Crippen LogP contribution is -2.15. The highest BCUT2D eigenvalue weighted by Gasteiger charge is 2.21. The van der Waals surface area contributed by atoms with Gasteiger partial charge in [0.05, 0.1) is 0 Å². The molecule has 0 unspecified atom stereocenters. The van der Waals surface area contributed by atoms with Crippen molar-refractivity contribution in [3.8, 4) is 0 Å². The summed E-state index contributed by atoms with van der Waals surface area (Å²) in [6.07, 6.45) is 0.219. The maximum absolute atomic E-state index is 13.8. The van der Waals surface area contributed by atoms with E-state index in [4.69, 9.17) is 0 Å². The Morgan fingerprint density at radius 2 is 1.81 bits per heavy atom. The molecule has 4 nitrogen and oxygen atoms in total. The SMILES string of the molecule is CCC(=O)c1ccc(F)c(S(=O)(=O)Nc2ccccc2)c1. The summed E-state index contributed by atoms with van der Waals surface area (Å²) in [4.78, 5) is 11.1. The number of anilines is 1. The molecule has 1 N–H and O–H groups in total. The highest BCUT2D eigenvalue weighted by molar-refractivity contribution is 7.92. The van der Waals surface area contributed by atoms with Crippen molar-refractivity contribution in [2.24, 2.45) is 0 Å². The summed E-state index contributed by atoms with van der Waals surface area (Å²) in [6, 6.07) is 11.5. The summed E-state index contributed by atoms with van der Waals surface area (Å²) < 4.78 is 40.5. The molecular weight excluding hydrogens is 293 g/mol. The third kappa shape index (κ3) is 3.46. The van der Waals surface area contributed by atoms with Crippen LogP contribution in [0.25, 0.3) is 0 Å². The fraction of sp³-hybridized carbons (Fsp3) is 0.133. The number of halogens is 1. The Morgan fingerprint density at radius 3 is 2.43 bits per heavy atom. The number of rotatable bonds is 5. The second kappa shape index (κ2) is 6.05. The minimum Gasteiger partial charge on any atom is -0.294 e. The maximum Gasteiger partial charge on any atom is 0.264 e. The normalized spacial score (nSPS) is 11.1. The first-order chi connectivity index (χ1) is 9.94. The first-order valence-electron chi connectivity index (χ1n) is 6.34. The van der Waals surface area contributed by atoms with Gasteiger partial charge in [-0.3, -0.25) is 9.52 Å². The van der Waals surface area contributed by atoms with Gasteiger partial charge in [-0.2, -0.15) is 0 Å². The van der Waals surface area contributed by atoms with Crippen LogP contribution in [0.15, 0.2) is 53.4 Å². The van der Waals surface area contributed by atoms with Crippen LogP contribution in [0.4, 0.5) is 10.1 Å². The van der Waals surface area contributed by atoms with E-state index in [2.05, 4.69) is 4.72 Å². The lowest BCUT2D eigenvalue weighted by Gasteiger charge is -2.10. The van der Waals surface area contributed by atoms with E-state index in [1.54, 1.807) is 37.3 Å². The monoisotopic (exact) mass is 307 g/mol. The molecule has 0 fully saturated rings. The molecule has 0 spiro atoms. The van der Waals surface area contributed by atoms with Crippen LogP contribution < -0.4 is 4.72 Å². The molecule has 21 heavy (non-hydrogen) atoms. The van der Waals surface area contributed by atoms with Gasteiger partial charge in [-0.15, -0.1) is 0 Å². The Labute approximate surface area is 122 Å². The van der Waals surface area contributed by atoms with Crippen molar-refractivity contribution in [3.05, 3.63) is 59.9 Å². The van der Waals surface area contributed by atoms with Crippen LogP contribution >= 0.6 is 0 Å². The number of ketones is 1. The summed E-state index contributed by atoms with van der Waals surface area (Å²) in [5.41, 5.74) is 0.497. The van der Waals surface area contributed by atoms with Gasteiger partial charge < -0.3 is 0 Å². The Hall–Kier alpha value is -2.21. The van der Waals surface area contributed by atoms with Crippen molar-refractivity contribution < 1.29 is 17.6 Å². The van der Waals surface area contributed by atoms with E-state index in [1.165, 1.54) is 6.07 Å². The molecule has 0 heterocycles. The van der Waals surface area contributed by atoms with Gasteiger partial charge >= 0.3 is 0 Å². The summed E-state index contributed by atoms with van der Waals surface area (Å²) >= 11 is 0. The maximum atomic E-state index is 13.8. The average molecular weight is 307 g/mol. The molecule has 2 aromatic carbocycles. The van der Waals surface area contributed by atoms with Gasteiger partial charge in [-0.05, 0) is 30.3 Å². The summed E-state index contributed by atoms with van der Waals surface area (Å²) in [6.45, 7) is 1.65. The Balaban J connectivity index is 2.42. The van der Waals surface area contributed by atoms with Gasteiger partial charge in [0, 0.05) is 17.7 Å². The minimum atomic E-state index is -4.09. The molecule has 0 atom stereocenters. The molecule has 0 amide bonds. The first-order valence-corrected chi connectivity index (χ1v) is 7.83. The van der Waals surface area contributed by atoms with Crippen molar-refractivity contribution in [2.75, 3.05) is 4.72 Å². The van der Waals surface area contributed by atoms with Gasteiger partial charge in [-0.25, -0.2) is 12.8 Å². The van der Waals surface area contributed by atoms with E-state index in [-0.39, 0.29) is 17.8 Å². The van der Waals surface area contributed by atoms with Crippen LogP contribution in [-0.2, 0) is 10.0 Å². The molecule has 0 radical (unpaired) electrons. The molecule has 110 valence electrons. The standard InChI is InChI=1S/C15H14FNO3S/c1-2-14(18)11-8-9-13(16)15(10-11)21(19,20)17-12-6-4-3-5-7-12/h3-10,17H,2H2,1H3. The Morgan fingerprint density at radius 1 is 1.14 bits per heavy atom. The fourth-order valence-electron chi connectivity index (χ4n) is 1.80. The number of carbonyl (C=O) groups is 1. The van der Waals surface area contributed by atoms with Gasteiger partial charge in [-0.1, -0.05) is 25.1 Å². The molecular formula is C15H14FNO3S. The zero-order valence-electron chi connectivity index (χ0n) is 11.3. The summed E-state index contributed by atoms with van der Waals surface area (Å²) in [5, 5.41) is 0. The Bertz CT molecular complexity index is 758. The van der Waals surface area contributed by atoms with Gasteiger partial charge in [0.15, 0.2) is 5.78 Å². The van der Waals surface area contributed by atoms with Crippen molar-refractivity contribution >= 4 is 21.5 Å². The van der Waals surface area contributed by atoms with Crippen LogP contribution in [-0.4, -0.2) is 14.2 Å². The highest BCUT2D eigenvalue weighted by atomic mass is 32.2. The molecule has 0 saturated heterocycles. The lowest BCUT2D eigenvalue weighted by molar-refractivity contribution is 0.0988. The van der Waals surface area contributed by atoms with Crippen molar-refractivity contribution in [2.45, 2.75) is 18.2 Å². The van der Waals surface area contributed by atoms with Crippen LogP contribution in [0.3, 0.4) is 0 Å². The van der Waals surface area contributed by atoms with Gasteiger partial charge in [0.25, 0.3) is 10.0 Å². The van der Waals surface area contributed by atoms with E-state index >= 15 is 0 Å². The molecule has 0 aliphatic rings. The van der Waals surface area contributed by atoms with Crippen LogP contribution in [0.1, 0.15) is 23.7 Å². The van der Waals surface area contributed by atoms with Gasteiger partial charge in [0.2, 0.25) is 0 Å². The number of benzene rings is 2. The zero-order chi connectivity index (χ0) is 15.5. The van der Waals surface area contributed by atoms with E-state index in [1.807, 2.05) is 0 Å². The third-order valence-electron chi connectivity index (χ3n) is 2.89. The third-order valence-corrected chi connectivity index (χ3v) is 4.29. The molecule has 0 bridgehead atoms. The first kappa shape index (κ1) is 15.2. The van der Waals surface area contributed by atoms with Crippen LogP contribution in [0.5, 0.6) is 0 Å². The van der Waals surface area contributed by atoms with Crippen LogP contribution in [0.2, 0.25) is 0 Å². The molecule has 2 aromatic rings. The van der Waals surface area contributed by atoms with E-state index in [0.717, 1.165) is 12.1 Å². The van der Waals surface area contributed by atoms with Crippen molar-refractivity contribution in [1.82, 2.24) is 0 Å². The summed E-state index contributed by atoms with van der Waals surface area (Å²) in [5.74, 6) is -1.14. The molecule has 0 aliphatic carbocycles. The topological polar surface area (TPSA) is 63.2 Å². The lowest BCUT2D eigenvalue weighted by atomic mass is 10.1. The van der Waals surface area contributed by atoms with Crippen molar-refractivity contribution in [1.29, 1.82) is 0 Å². The number of nitrogens with one attached hydrogen (secondary N) is 1. The second-order valence-corrected chi connectivity index (χ2v) is 6.04. The van der Waals surface area contributed by atoms with Crippen molar-refractivity contribution in [3.63, 3.8) is 0 Å². The summed E-state index contributed by atoms with van der Waals surface area (Å²) in [7, 11) is -4.09. The minimum absolute atomic E-state index is 0.173. The molecule has 6 heteroatoms. The zero-order valence-corrected chi connectivity index (χ0v) is 12.2. The quantitative estimate of drug-likeness (QED) is 0.863. The average Bonchev–Trinajstić information content (AvgIpc) is 2.47. The van der Waals surface area contributed by atoms with E-state index < -0.39 is 20.7 Å². The highest BCUT2D eigenvalue weighted by Crippen LogP contribution is 2.20. The molecule has 0 aromatic heterocycles. The molecule has 0 saturated carbocycles. The molecule has 2 rings (SSSR count). The number of hydrogen-bond acceptors (Lipinski definition) is 3. The number of hydrogen-bond donors (Lipinski definition) is 1. The predicted molar refractivity (Wildman–Crippen MR) is 78.3 cm³/mol. The number of sulfonamides is 1. The Kier molecular flexibility index (Phi) is 4.37. The fourth-order valence-corrected chi connectivity index (χ4v) is 2.97. The van der Waals surface area contributed by atoms with E-state index in [9.17, 15) is 17.6 Å². The number of Topliss-reactive ketones (excluding diaryl/α,β-unsaturated/α-hetero) is 1. The van der Waals surface area contributed by atoms with Gasteiger partial charge in [0.1, 0.15) is 10.7 Å². The van der Waals surface area contributed by atoms with E-state index in [0.29, 0.717) is 5.69 Å². The second-order valence-electron chi connectivity index (χ2n) is 4.39. The number of carbonyl (C=O) groups excluding carboxylic acids is 1. The molecule has 0 aliphatic heterocycles. The smallest absolute Gasteiger partial charge is 0.264 e.